The molecule has 0 saturated heterocycles. The monoisotopic (exact) mass is 595 g/mol. The molecule has 0 N–H and O–H groups in total. The van der Waals surface area contributed by atoms with Gasteiger partial charge in [0.15, 0.2) is 0 Å². The van der Waals surface area contributed by atoms with Crippen LogP contribution in [0.1, 0.15) is 32.3 Å². The molecule has 4 aromatic carbocycles. The van der Waals surface area contributed by atoms with Crippen molar-refractivity contribution >= 4 is 33.3 Å². The van der Waals surface area contributed by atoms with Crippen molar-refractivity contribution in [1.29, 1.82) is 0 Å². The van der Waals surface area contributed by atoms with Crippen LogP contribution in [0.25, 0.3) is 39.0 Å². The fourth-order valence-corrected chi connectivity index (χ4v) is 9.58. The van der Waals surface area contributed by atoms with Crippen LogP contribution in [0.4, 0.5) is 0 Å². The van der Waals surface area contributed by atoms with Crippen molar-refractivity contribution < 1.29 is 48.0 Å². The Kier molecular flexibility index (Phi) is 7.46. The second-order valence-electron chi connectivity index (χ2n) is 9.53. The number of hydrogen-bond donors (Lipinski definition) is 0. The van der Waals surface area contributed by atoms with Crippen molar-refractivity contribution in [2.45, 2.75) is 17.0 Å². The second-order valence-corrected chi connectivity index (χ2v) is 13.2. The first-order chi connectivity index (χ1) is 17.3. The second kappa shape index (κ2) is 10.6. The number of para-hydroxylation sites is 1. The molecule has 37 heavy (non-hydrogen) atoms. The molecule has 0 spiro atoms. The number of fused-ring (bicyclic) bond motifs is 3. The molecular formula is C33H25Cl2NZr. The number of hydrogen-bond acceptors (Lipinski definition) is 0. The van der Waals surface area contributed by atoms with E-state index in [0.717, 1.165) is 6.42 Å². The third-order valence-corrected chi connectivity index (χ3v) is 11.5. The number of rotatable bonds is 4. The Labute approximate surface area is 242 Å². The fraction of sp³-hybridized carbons (Fsp3) is 0.0909. The van der Waals surface area contributed by atoms with Crippen LogP contribution in [0.2, 0.25) is 0 Å². The molecule has 0 bridgehead atoms. The Morgan fingerprint density at radius 1 is 0.838 bits per heavy atom. The molecule has 1 heterocycles. The number of halogens is 2. The zero-order chi connectivity index (χ0) is 23.4. The van der Waals surface area contributed by atoms with Crippen LogP contribution in [0.15, 0.2) is 113 Å². The third kappa shape index (κ3) is 4.50. The van der Waals surface area contributed by atoms with Gasteiger partial charge in [0, 0.05) is 0 Å². The van der Waals surface area contributed by atoms with Gasteiger partial charge in [-0.2, -0.15) is 0 Å². The quantitative estimate of drug-likeness (QED) is 0.301. The molecule has 5 aromatic rings. The number of aromatic nitrogens is 1. The van der Waals surface area contributed by atoms with Crippen molar-refractivity contribution in [3.05, 3.63) is 135 Å². The Bertz CT molecular complexity index is 1720. The zero-order valence-corrected chi connectivity index (χ0v) is 24.4. The molecule has 0 saturated carbocycles. The largest absolute Gasteiger partial charge is 1.00 e. The van der Waals surface area contributed by atoms with Crippen molar-refractivity contribution in [3.63, 3.8) is 0 Å². The summed E-state index contributed by atoms with van der Waals surface area (Å²) in [4.78, 5) is 0. The average molecular weight is 598 g/mol. The smallest absolute Gasteiger partial charge is 1.00 e. The molecular weight excluding hydrogens is 573 g/mol. The van der Waals surface area contributed by atoms with Gasteiger partial charge >= 0.3 is 219 Å². The van der Waals surface area contributed by atoms with E-state index in [9.17, 15) is 0 Å². The van der Waals surface area contributed by atoms with Crippen molar-refractivity contribution in [2.75, 3.05) is 0 Å². The predicted octanol–water partition coefficient (Wildman–Crippen LogP) is 2.62. The molecule has 2 aliphatic rings. The van der Waals surface area contributed by atoms with Crippen LogP contribution in [0, 0.1) is 6.92 Å². The van der Waals surface area contributed by atoms with E-state index in [4.69, 9.17) is 0 Å². The summed E-state index contributed by atoms with van der Waals surface area (Å²) in [5, 5.41) is 4.03. The van der Waals surface area contributed by atoms with Crippen molar-refractivity contribution in [3.8, 4) is 5.69 Å². The molecule has 7 rings (SSSR count). The maximum Gasteiger partial charge on any atom is -1.00 e. The zero-order valence-electron chi connectivity index (χ0n) is 20.5. The van der Waals surface area contributed by atoms with Crippen LogP contribution >= 0.6 is 0 Å². The Hall–Kier alpha value is -2.64. The number of nitrogens with zero attached hydrogens (tertiary/aromatic N) is 1. The van der Waals surface area contributed by atoms with E-state index in [-0.39, 0.29) is 24.8 Å². The van der Waals surface area contributed by atoms with Gasteiger partial charge in [-0.3, -0.25) is 0 Å². The molecule has 0 fully saturated rings. The third-order valence-electron chi connectivity index (χ3n) is 7.44. The first-order valence-electron chi connectivity index (χ1n) is 12.3. The van der Waals surface area contributed by atoms with Gasteiger partial charge in [0.25, 0.3) is 0 Å². The van der Waals surface area contributed by atoms with Crippen LogP contribution in [0.3, 0.4) is 0 Å². The minimum absolute atomic E-state index is 0. The Morgan fingerprint density at radius 3 is 2.49 bits per heavy atom. The van der Waals surface area contributed by atoms with Gasteiger partial charge in [-0.25, -0.2) is 0 Å². The van der Waals surface area contributed by atoms with E-state index in [0.29, 0.717) is 3.63 Å². The van der Waals surface area contributed by atoms with Crippen LogP contribution < -0.4 is 24.8 Å². The topological polar surface area (TPSA) is 4.93 Å². The number of allylic oxidation sites excluding steroid dienone is 5. The normalized spacial score (nSPS) is 15.5. The van der Waals surface area contributed by atoms with Gasteiger partial charge in [0.05, 0.1) is 0 Å². The van der Waals surface area contributed by atoms with E-state index < -0.39 is 23.2 Å². The van der Waals surface area contributed by atoms with Gasteiger partial charge in [0.1, 0.15) is 0 Å². The molecule has 0 amide bonds. The summed E-state index contributed by atoms with van der Waals surface area (Å²) in [6.45, 7) is 2.22. The van der Waals surface area contributed by atoms with Crippen molar-refractivity contribution in [2.24, 2.45) is 0 Å². The van der Waals surface area contributed by atoms with E-state index in [1.54, 1.807) is 3.28 Å². The summed E-state index contributed by atoms with van der Waals surface area (Å²) < 4.78 is 4.55. The van der Waals surface area contributed by atoms with Crippen LogP contribution in [-0.2, 0) is 23.2 Å². The first-order valence-corrected chi connectivity index (χ1v) is 14.9. The molecule has 0 aliphatic heterocycles. The van der Waals surface area contributed by atoms with E-state index >= 15 is 0 Å². The fourth-order valence-electron chi connectivity index (χ4n) is 5.65. The molecule has 180 valence electrons. The molecule has 1 aromatic heterocycles. The SMILES string of the molecule is Cc1ccc(C2=Cc3ccc(-n4ccc5ccccc54)cc3[CH]2[Zr+2][C]2=CC=CC2)c2ccccc12.[Cl-].[Cl-]. The van der Waals surface area contributed by atoms with Gasteiger partial charge in [-0.05, 0) is 0 Å². The maximum absolute atomic E-state index is 2.48. The molecule has 1 unspecified atom stereocenters. The van der Waals surface area contributed by atoms with Gasteiger partial charge in [-0.1, -0.05) is 0 Å². The van der Waals surface area contributed by atoms with Crippen LogP contribution in [0.5, 0.6) is 0 Å². The van der Waals surface area contributed by atoms with Crippen LogP contribution in [-0.4, -0.2) is 4.57 Å². The molecule has 1 nitrogen and oxygen atoms in total. The van der Waals surface area contributed by atoms with Gasteiger partial charge < -0.3 is 24.8 Å². The summed E-state index contributed by atoms with van der Waals surface area (Å²) in [7, 11) is 0. The standard InChI is InChI=1S/C28H20N.C5H5.2ClH.Zr/c1-19-10-13-26(27-8-4-3-7-25(19)27)23-16-21-11-12-24(18-22(21)17-23)29-15-14-20-6-2-5-9-28(20)29;1-2-4-5-3-1;;;/h2-18H,1H3;1-3H,4H2;2*1H;/q;;;;+2/p-2. The molecule has 4 heteroatoms. The number of aryl methyl sites for hydroxylation is 1. The maximum atomic E-state index is 2.48. The van der Waals surface area contributed by atoms with Crippen molar-refractivity contribution in [1.82, 2.24) is 4.57 Å². The summed E-state index contributed by atoms with van der Waals surface area (Å²) in [6, 6.07) is 31.6. The summed E-state index contributed by atoms with van der Waals surface area (Å²) in [5.74, 6) is 0. The average Bonchev–Trinajstić information content (AvgIpc) is 3.64. The predicted molar refractivity (Wildman–Crippen MR) is 144 cm³/mol. The summed E-state index contributed by atoms with van der Waals surface area (Å²) in [6.07, 6.45) is 12.8. The summed E-state index contributed by atoms with van der Waals surface area (Å²) >= 11 is -0.867. The molecule has 0 radical (unpaired) electrons. The van der Waals surface area contributed by atoms with Gasteiger partial charge in [-0.15, -0.1) is 0 Å². The van der Waals surface area contributed by atoms with E-state index in [1.807, 2.05) is 0 Å². The molecule has 1 atom stereocenters. The Balaban J connectivity index is 0.00000140. The minimum Gasteiger partial charge on any atom is -1.00 e. The van der Waals surface area contributed by atoms with E-state index in [2.05, 4.69) is 127 Å². The van der Waals surface area contributed by atoms with E-state index in [1.165, 1.54) is 55.2 Å². The number of benzene rings is 4. The first kappa shape index (κ1) is 26.0. The minimum atomic E-state index is -0.867. The van der Waals surface area contributed by atoms with Gasteiger partial charge in [0.2, 0.25) is 0 Å². The summed E-state index contributed by atoms with van der Waals surface area (Å²) in [5.41, 5.74) is 9.71. The Morgan fingerprint density at radius 2 is 1.65 bits per heavy atom. The molecule has 2 aliphatic carbocycles.